The number of nitriles is 1. The zero-order chi connectivity index (χ0) is 14.8. The molecule has 2 rings (SSSR count). The van der Waals surface area contributed by atoms with Crippen LogP contribution in [0.25, 0.3) is 0 Å². The average Bonchev–Trinajstić information content (AvgIpc) is 2.44. The molecule has 6 nitrogen and oxygen atoms in total. The predicted octanol–water partition coefficient (Wildman–Crippen LogP) is 2.11. The highest BCUT2D eigenvalue weighted by Gasteiger charge is 2.17. The molecule has 0 amide bonds. The van der Waals surface area contributed by atoms with E-state index in [0.717, 1.165) is 6.20 Å². The Labute approximate surface area is 120 Å². The van der Waals surface area contributed by atoms with Crippen molar-refractivity contribution >= 4 is 27.3 Å². The van der Waals surface area contributed by atoms with Crippen molar-refractivity contribution in [3.05, 3.63) is 47.2 Å². The van der Waals surface area contributed by atoms with E-state index in [2.05, 4.69) is 9.71 Å². The molecule has 0 radical (unpaired) electrons. The summed E-state index contributed by atoms with van der Waals surface area (Å²) in [6.45, 7) is 0. The van der Waals surface area contributed by atoms with Crippen molar-refractivity contribution in [2.75, 3.05) is 4.72 Å². The third-order valence-electron chi connectivity index (χ3n) is 2.39. The largest absolute Gasteiger partial charge is 0.504 e. The number of benzene rings is 1. The average molecular weight is 310 g/mol. The second-order valence-corrected chi connectivity index (χ2v) is 5.82. The van der Waals surface area contributed by atoms with E-state index in [1.54, 1.807) is 6.07 Å². The van der Waals surface area contributed by atoms with Crippen LogP contribution in [0.15, 0.2) is 41.4 Å². The Balaban J connectivity index is 2.36. The van der Waals surface area contributed by atoms with Gasteiger partial charge in [-0.15, -0.1) is 0 Å². The Bertz CT molecular complexity index is 783. The molecule has 0 saturated heterocycles. The van der Waals surface area contributed by atoms with Crippen LogP contribution < -0.4 is 4.72 Å². The van der Waals surface area contributed by atoms with Gasteiger partial charge in [-0.25, -0.2) is 13.4 Å². The molecule has 0 spiro atoms. The Morgan fingerprint density at radius 1 is 1.30 bits per heavy atom. The van der Waals surface area contributed by atoms with Gasteiger partial charge in [-0.05, 0) is 24.3 Å². The molecule has 0 atom stereocenters. The molecule has 102 valence electrons. The first kappa shape index (κ1) is 14.1. The number of nitrogens with one attached hydrogen (secondary N) is 1. The molecular weight excluding hydrogens is 302 g/mol. The highest BCUT2D eigenvalue weighted by Crippen LogP contribution is 2.32. The summed E-state index contributed by atoms with van der Waals surface area (Å²) < 4.78 is 26.3. The number of anilines is 1. The van der Waals surface area contributed by atoms with Crippen LogP contribution in [0.1, 0.15) is 5.69 Å². The smallest absolute Gasteiger partial charge is 0.263 e. The number of phenols is 1. The minimum atomic E-state index is -3.92. The number of phenolic OH excluding ortho intramolecular Hbond substituents is 1. The molecule has 0 aliphatic rings. The van der Waals surface area contributed by atoms with Gasteiger partial charge in [-0.1, -0.05) is 17.7 Å². The van der Waals surface area contributed by atoms with Crippen LogP contribution in [0.2, 0.25) is 5.02 Å². The highest BCUT2D eigenvalue weighted by atomic mass is 35.5. The number of rotatable bonds is 3. The van der Waals surface area contributed by atoms with Crippen molar-refractivity contribution in [2.45, 2.75) is 4.90 Å². The fraction of sp³-hybridized carbons (Fsp3) is 0. The van der Waals surface area contributed by atoms with E-state index >= 15 is 0 Å². The molecular formula is C12H8ClN3O3S. The van der Waals surface area contributed by atoms with Gasteiger partial charge >= 0.3 is 0 Å². The quantitative estimate of drug-likeness (QED) is 0.845. The van der Waals surface area contributed by atoms with Gasteiger partial charge in [0, 0.05) is 6.20 Å². The van der Waals surface area contributed by atoms with Crippen LogP contribution in [0.3, 0.4) is 0 Å². The van der Waals surface area contributed by atoms with Crippen LogP contribution >= 0.6 is 11.6 Å². The number of aromatic hydroxyl groups is 1. The molecule has 2 N–H and O–H groups in total. The number of hydrogen-bond donors (Lipinski definition) is 2. The zero-order valence-corrected chi connectivity index (χ0v) is 11.5. The van der Waals surface area contributed by atoms with Gasteiger partial charge in [0.25, 0.3) is 10.0 Å². The first-order valence-electron chi connectivity index (χ1n) is 5.30. The lowest BCUT2D eigenvalue weighted by Gasteiger charge is -2.10. The fourth-order valence-electron chi connectivity index (χ4n) is 1.41. The number of aromatic nitrogens is 1. The Morgan fingerprint density at radius 3 is 2.65 bits per heavy atom. The molecule has 0 fully saturated rings. The van der Waals surface area contributed by atoms with Crippen LogP contribution in [0.4, 0.5) is 5.69 Å². The van der Waals surface area contributed by atoms with Crippen molar-refractivity contribution < 1.29 is 13.5 Å². The van der Waals surface area contributed by atoms with Crippen LogP contribution in [0, 0.1) is 11.3 Å². The summed E-state index contributed by atoms with van der Waals surface area (Å²) in [6.07, 6.45) is 1.06. The van der Waals surface area contributed by atoms with Crippen molar-refractivity contribution in [1.29, 1.82) is 5.26 Å². The summed E-state index contributed by atoms with van der Waals surface area (Å²) in [7, 11) is -3.92. The van der Waals surface area contributed by atoms with Gasteiger partial charge in [0.1, 0.15) is 16.7 Å². The van der Waals surface area contributed by atoms with Gasteiger partial charge in [-0.2, -0.15) is 5.26 Å². The molecule has 0 saturated carbocycles. The molecule has 0 bridgehead atoms. The molecule has 2 aromatic rings. The highest BCUT2D eigenvalue weighted by molar-refractivity contribution is 7.92. The summed E-state index contributed by atoms with van der Waals surface area (Å²) in [5.41, 5.74) is 0.0661. The van der Waals surface area contributed by atoms with E-state index in [1.165, 1.54) is 30.3 Å². The maximum atomic E-state index is 12.1. The molecule has 1 aromatic heterocycles. The standard InChI is InChI=1S/C12H8ClN3O3S/c13-10-2-1-3-11(12(10)17)16-20(18,19)9-5-4-8(6-14)15-7-9/h1-5,7,16-17H. The number of para-hydroxylation sites is 1. The number of sulfonamides is 1. The van der Waals surface area contributed by atoms with Crippen molar-refractivity contribution in [3.63, 3.8) is 0 Å². The topological polar surface area (TPSA) is 103 Å². The van der Waals surface area contributed by atoms with E-state index < -0.39 is 10.0 Å². The first-order valence-corrected chi connectivity index (χ1v) is 7.16. The minimum Gasteiger partial charge on any atom is -0.504 e. The summed E-state index contributed by atoms with van der Waals surface area (Å²) >= 11 is 5.70. The summed E-state index contributed by atoms with van der Waals surface area (Å²) in [5, 5.41) is 18.3. The summed E-state index contributed by atoms with van der Waals surface area (Å²) in [6, 6.07) is 8.61. The van der Waals surface area contributed by atoms with Crippen LogP contribution in [0.5, 0.6) is 5.75 Å². The van der Waals surface area contributed by atoms with E-state index in [9.17, 15) is 13.5 Å². The Kier molecular flexibility index (Phi) is 3.79. The number of pyridine rings is 1. The predicted molar refractivity (Wildman–Crippen MR) is 72.9 cm³/mol. The third kappa shape index (κ3) is 2.82. The molecule has 0 unspecified atom stereocenters. The molecule has 0 aliphatic carbocycles. The third-order valence-corrected chi connectivity index (χ3v) is 4.05. The number of nitrogens with zero attached hydrogens (tertiary/aromatic N) is 2. The van der Waals surface area contributed by atoms with Crippen LogP contribution in [-0.4, -0.2) is 18.5 Å². The van der Waals surface area contributed by atoms with Gasteiger partial charge < -0.3 is 5.11 Å². The first-order chi connectivity index (χ1) is 9.44. The van der Waals surface area contributed by atoms with E-state index in [-0.39, 0.29) is 27.0 Å². The monoisotopic (exact) mass is 309 g/mol. The van der Waals surface area contributed by atoms with Crippen molar-refractivity contribution in [1.82, 2.24) is 4.98 Å². The Morgan fingerprint density at radius 2 is 2.05 bits per heavy atom. The van der Waals surface area contributed by atoms with Gasteiger partial charge in [0.15, 0.2) is 5.75 Å². The summed E-state index contributed by atoms with van der Waals surface area (Å²) in [5.74, 6) is -0.362. The zero-order valence-electron chi connectivity index (χ0n) is 9.91. The lowest BCUT2D eigenvalue weighted by atomic mass is 10.3. The molecule has 8 heteroatoms. The number of halogens is 1. The maximum absolute atomic E-state index is 12.1. The maximum Gasteiger partial charge on any atom is 0.263 e. The SMILES string of the molecule is N#Cc1ccc(S(=O)(=O)Nc2cccc(Cl)c2O)cn1. The normalized spacial score (nSPS) is 10.8. The van der Waals surface area contributed by atoms with Gasteiger partial charge in [0.05, 0.1) is 10.7 Å². The molecule has 1 aromatic carbocycles. The van der Waals surface area contributed by atoms with Gasteiger partial charge in [-0.3, -0.25) is 4.72 Å². The summed E-state index contributed by atoms with van der Waals surface area (Å²) in [4.78, 5) is 3.55. The second kappa shape index (κ2) is 5.36. The lowest BCUT2D eigenvalue weighted by Crippen LogP contribution is -2.13. The fourth-order valence-corrected chi connectivity index (χ4v) is 2.59. The van der Waals surface area contributed by atoms with Crippen molar-refractivity contribution in [2.24, 2.45) is 0 Å². The molecule has 20 heavy (non-hydrogen) atoms. The molecule has 1 heterocycles. The molecule has 0 aliphatic heterocycles. The van der Waals surface area contributed by atoms with E-state index in [1.807, 2.05) is 0 Å². The lowest BCUT2D eigenvalue weighted by molar-refractivity contribution is 0.478. The Hall–Kier alpha value is -2.30. The van der Waals surface area contributed by atoms with E-state index in [4.69, 9.17) is 16.9 Å². The van der Waals surface area contributed by atoms with Crippen molar-refractivity contribution in [3.8, 4) is 11.8 Å². The van der Waals surface area contributed by atoms with E-state index in [0.29, 0.717) is 0 Å². The van der Waals surface area contributed by atoms with Gasteiger partial charge in [0.2, 0.25) is 0 Å². The number of hydrogen-bond acceptors (Lipinski definition) is 5. The van der Waals surface area contributed by atoms with Crippen LogP contribution in [-0.2, 0) is 10.0 Å². The second-order valence-electron chi connectivity index (χ2n) is 3.73. The minimum absolute atomic E-state index is 0.0307.